The largest absolute Gasteiger partial charge is 0.496 e. The summed E-state index contributed by atoms with van der Waals surface area (Å²) in [5.74, 6) is 2.08. The molecule has 0 amide bonds. The highest BCUT2D eigenvalue weighted by molar-refractivity contribution is 5.33. The van der Waals surface area contributed by atoms with Gasteiger partial charge in [0.05, 0.1) is 7.11 Å². The molecule has 0 bridgehead atoms. The Labute approximate surface area is 120 Å². The summed E-state index contributed by atoms with van der Waals surface area (Å²) in [7, 11) is 3.75. The molecule has 0 spiro atoms. The molecule has 1 heterocycles. The van der Waals surface area contributed by atoms with Crippen molar-refractivity contribution in [1.82, 2.24) is 14.9 Å². The summed E-state index contributed by atoms with van der Waals surface area (Å²) in [4.78, 5) is 4.33. The first kappa shape index (κ1) is 14.6. The lowest BCUT2D eigenvalue weighted by Gasteiger charge is -2.15. The van der Waals surface area contributed by atoms with Crippen LogP contribution in [0.3, 0.4) is 0 Å². The van der Waals surface area contributed by atoms with Crippen LogP contribution >= 0.6 is 0 Å². The minimum Gasteiger partial charge on any atom is -0.496 e. The summed E-state index contributed by atoms with van der Waals surface area (Å²) in [6.07, 6.45) is 5.73. The third kappa shape index (κ3) is 3.84. The topological polar surface area (TPSA) is 39.1 Å². The van der Waals surface area contributed by atoms with Gasteiger partial charge in [-0.1, -0.05) is 18.2 Å². The second kappa shape index (κ2) is 7.10. The molecule has 4 heteroatoms. The molecule has 2 rings (SSSR count). The van der Waals surface area contributed by atoms with Crippen molar-refractivity contribution in [3.05, 3.63) is 48.0 Å². The molecule has 0 aliphatic carbocycles. The zero-order chi connectivity index (χ0) is 14.4. The summed E-state index contributed by atoms with van der Waals surface area (Å²) < 4.78 is 7.45. The highest BCUT2D eigenvalue weighted by Gasteiger charge is 2.08. The molecule has 0 saturated carbocycles. The molecule has 108 valence electrons. The number of benzene rings is 1. The van der Waals surface area contributed by atoms with Gasteiger partial charge >= 0.3 is 0 Å². The molecule has 0 radical (unpaired) electrons. The zero-order valence-corrected chi connectivity index (χ0v) is 12.5. The number of methoxy groups -OCH3 is 1. The molecule has 1 unspecified atom stereocenters. The minimum atomic E-state index is 0.409. The lowest BCUT2D eigenvalue weighted by atomic mass is 10.1. The molecule has 2 aromatic rings. The summed E-state index contributed by atoms with van der Waals surface area (Å²) in [6, 6.07) is 8.60. The highest BCUT2D eigenvalue weighted by Crippen LogP contribution is 2.18. The number of imidazole rings is 1. The maximum absolute atomic E-state index is 5.38. The van der Waals surface area contributed by atoms with Gasteiger partial charge in [-0.05, 0) is 25.0 Å². The Hall–Kier alpha value is -1.81. The van der Waals surface area contributed by atoms with Gasteiger partial charge in [-0.25, -0.2) is 4.98 Å². The van der Waals surface area contributed by atoms with Crippen LogP contribution in [0.25, 0.3) is 0 Å². The zero-order valence-electron chi connectivity index (χ0n) is 12.5. The molecule has 0 aliphatic heterocycles. The Morgan fingerprint density at radius 3 is 2.85 bits per heavy atom. The summed E-state index contributed by atoms with van der Waals surface area (Å²) in [5.41, 5.74) is 1.24. The van der Waals surface area contributed by atoms with Crippen molar-refractivity contribution >= 4 is 0 Å². The SMILES string of the molecule is COc1ccccc1CC(C)NCCc1nccn1C. The van der Waals surface area contributed by atoms with Gasteiger partial charge in [0.25, 0.3) is 0 Å². The van der Waals surface area contributed by atoms with Crippen LogP contribution in [0.2, 0.25) is 0 Å². The minimum absolute atomic E-state index is 0.409. The summed E-state index contributed by atoms with van der Waals surface area (Å²) >= 11 is 0. The van der Waals surface area contributed by atoms with Crippen molar-refractivity contribution < 1.29 is 4.74 Å². The van der Waals surface area contributed by atoms with Crippen molar-refractivity contribution in [2.45, 2.75) is 25.8 Å². The summed E-state index contributed by atoms with van der Waals surface area (Å²) in [6.45, 7) is 3.13. The molecule has 4 nitrogen and oxygen atoms in total. The number of rotatable bonds is 7. The molecular weight excluding hydrogens is 250 g/mol. The molecule has 0 fully saturated rings. The Bertz CT molecular complexity index is 536. The molecule has 1 aromatic carbocycles. The van der Waals surface area contributed by atoms with E-state index < -0.39 is 0 Å². The lowest BCUT2D eigenvalue weighted by molar-refractivity contribution is 0.406. The number of ether oxygens (including phenoxy) is 1. The Morgan fingerprint density at radius 2 is 2.15 bits per heavy atom. The summed E-state index contributed by atoms with van der Waals surface area (Å²) in [5, 5.41) is 3.54. The van der Waals surface area contributed by atoms with Crippen molar-refractivity contribution in [1.29, 1.82) is 0 Å². The van der Waals surface area contributed by atoms with Crippen LogP contribution in [0.1, 0.15) is 18.3 Å². The molecular formula is C16H23N3O. The van der Waals surface area contributed by atoms with E-state index in [4.69, 9.17) is 4.74 Å². The van der Waals surface area contributed by atoms with E-state index in [-0.39, 0.29) is 0 Å². The van der Waals surface area contributed by atoms with Crippen LogP contribution in [0, 0.1) is 0 Å². The van der Waals surface area contributed by atoms with Crippen molar-refractivity contribution in [3.63, 3.8) is 0 Å². The second-order valence-electron chi connectivity index (χ2n) is 5.08. The van der Waals surface area contributed by atoms with Crippen molar-refractivity contribution in [2.75, 3.05) is 13.7 Å². The van der Waals surface area contributed by atoms with Crippen LogP contribution in [-0.4, -0.2) is 29.2 Å². The standard InChI is InChI=1S/C16H23N3O/c1-13(12-14-6-4-5-7-15(14)20-3)17-9-8-16-18-10-11-19(16)2/h4-7,10-11,13,17H,8-9,12H2,1-3H3. The van der Waals surface area contributed by atoms with Gasteiger partial charge in [-0.2, -0.15) is 0 Å². The van der Waals surface area contributed by atoms with E-state index in [2.05, 4.69) is 33.9 Å². The number of hydrogen-bond donors (Lipinski definition) is 1. The first-order chi connectivity index (χ1) is 9.70. The quantitative estimate of drug-likeness (QED) is 0.840. The first-order valence-electron chi connectivity index (χ1n) is 7.02. The predicted molar refractivity (Wildman–Crippen MR) is 81.1 cm³/mol. The molecule has 0 aliphatic rings. The fourth-order valence-corrected chi connectivity index (χ4v) is 2.34. The van der Waals surface area contributed by atoms with Crippen LogP contribution in [-0.2, 0) is 19.9 Å². The van der Waals surface area contributed by atoms with Gasteiger partial charge in [0, 0.05) is 38.4 Å². The molecule has 1 N–H and O–H groups in total. The number of aromatic nitrogens is 2. The Kier molecular flexibility index (Phi) is 5.18. The average molecular weight is 273 g/mol. The molecule has 20 heavy (non-hydrogen) atoms. The fourth-order valence-electron chi connectivity index (χ4n) is 2.34. The molecule has 0 saturated heterocycles. The van der Waals surface area contributed by atoms with E-state index in [0.717, 1.165) is 31.0 Å². The van der Waals surface area contributed by atoms with Crippen LogP contribution < -0.4 is 10.1 Å². The van der Waals surface area contributed by atoms with E-state index >= 15 is 0 Å². The van der Waals surface area contributed by atoms with Crippen molar-refractivity contribution in [3.8, 4) is 5.75 Å². The fraction of sp³-hybridized carbons (Fsp3) is 0.438. The van der Waals surface area contributed by atoms with Crippen molar-refractivity contribution in [2.24, 2.45) is 7.05 Å². The van der Waals surface area contributed by atoms with Gasteiger partial charge < -0.3 is 14.6 Å². The molecule has 1 atom stereocenters. The lowest BCUT2D eigenvalue weighted by Crippen LogP contribution is -2.30. The number of nitrogens with zero attached hydrogens (tertiary/aromatic N) is 2. The van der Waals surface area contributed by atoms with Gasteiger partial charge in [-0.15, -0.1) is 0 Å². The van der Waals surface area contributed by atoms with Gasteiger partial charge in [0.2, 0.25) is 0 Å². The van der Waals surface area contributed by atoms with Gasteiger partial charge in [0.1, 0.15) is 11.6 Å². The van der Waals surface area contributed by atoms with Gasteiger partial charge in [0.15, 0.2) is 0 Å². The van der Waals surface area contributed by atoms with E-state index in [0.29, 0.717) is 6.04 Å². The third-order valence-corrected chi connectivity index (χ3v) is 3.48. The number of nitrogens with one attached hydrogen (secondary N) is 1. The normalized spacial score (nSPS) is 12.3. The number of aryl methyl sites for hydroxylation is 1. The van der Waals surface area contributed by atoms with E-state index in [9.17, 15) is 0 Å². The number of para-hydroxylation sites is 1. The monoisotopic (exact) mass is 273 g/mol. The number of hydrogen-bond acceptors (Lipinski definition) is 3. The smallest absolute Gasteiger partial charge is 0.122 e. The van der Waals surface area contributed by atoms with E-state index in [1.54, 1.807) is 7.11 Å². The van der Waals surface area contributed by atoms with Crippen LogP contribution in [0.15, 0.2) is 36.7 Å². The Balaban J connectivity index is 1.80. The Morgan fingerprint density at radius 1 is 1.35 bits per heavy atom. The third-order valence-electron chi connectivity index (χ3n) is 3.48. The average Bonchev–Trinajstić information content (AvgIpc) is 2.85. The maximum atomic E-state index is 5.38. The first-order valence-corrected chi connectivity index (χ1v) is 7.02. The maximum Gasteiger partial charge on any atom is 0.122 e. The van der Waals surface area contributed by atoms with Crippen LogP contribution in [0.5, 0.6) is 5.75 Å². The molecule has 1 aromatic heterocycles. The second-order valence-corrected chi connectivity index (χ2v) is 5.08. The highest BCUT2D eigenvalue weighted by atomic mass is 16.5. The van der Waals surface area contributed by atoms with E-state index in [1.165, 1.54) is 5.56 Å². The van der Waals surface area contributed by atoms with Crippen LogP contribution in [0.4, 0.5) is 0 Å². The van der Waals surface area contributed by atoms with Gasteiger partial charge in [-0.3, -0.25) is 0 Å². The van der Waals surface area contributed by atoms with E-state index in [1.807, 2.05) is 31.6 Å². The predicted octanol–water partition coefficient (Wildman–Crippen LogP) is 2.19.